The van der Waals surface area contributed by atoms with Gasteiger partial charge in [-0.1, -0.05) is 0 Å². The highest BCUT2D eigenvalue weighted by atomic mass is 32.2. The largest absolute Gasteiger partial charge is 0.379 e. The van der Waals surface area contributed by atoms with E-state index in [0.717, 1.165) is 37.7 Å². The van der Waals surface area contributed by atoms with Gasteiger partial charge in [-0.05, 0) is 19.1 Å². The number of thiophene rings is 1. The Morgan fingerprint density at radius 1 is 1.33 bits per heavy atom. The number of rotatable bonds is 8. The van der Waals surface area contributed by atoms with E-state index in [1.807, 2.05) is 6.92 Å². The second-order valence-electron chi connectivity index (χ2n) is 5.72. The van der Waals surface area contributed by atoms with Gasteiger partial charge in [0.15, 0.2) is 0 Å². The van der Waals surface area contributed by atoms with Crippen LogP contribution in [-0.4, -0.2) is 76.6 Å². The lowest BCUT2D eigenvalue weighted by Gasteiger charge is -2.29. The van der Waals surface area contributed by atoms with Crippen LogP contribution in [0.3, 0.4) is 0 Å². The highest BCUT2D eigenvalue weighted by Gasteiger charge is 2.18. The van der Waals surface area contributed by atoms with Crippen molar-refractivity contribution in [3.63, 3.8) is 0 Å². The molecule has 1 N–H and O–H groups in total. The maximum Gasteiger partial charge on any atom is 0.250 e. The van der Waals surface area contributed by atoms with Crippen LogP contribution in [0, 0.1) is 6.92 Å². The van der Waals surface area contributed by atoms with Crippen molar-refractivity contribution in [2.24, 2.45) is 0 Å². The van der Waals surface area contributed by atoms with Crippen LogP contribution in [0.1, 0.15) is 11.8 Å². The number of carbonyl (C=O) groups is 1. The summed E-state index contributed by atoms with van der Waals surface area (Å²) in [6, 6.07) is 3.38. The lowest BCUT2D eigenvalue weighted by molar-refractivity contribution is -0.129. The molecule has 2 heterocycles. The van der Waals surface area contributed by atoms with Crippen molar-refractivity contribution in [2.45, 2.75) is 18.1 Å². The van der Waals surface area contributed by atoms with E-state index < -0.39 is 10.0 Å². The number of hydrogen-bond acceptors (Lipinski definition) is 6. The van der Waals surface area contributed by atoms with Crippen molar-refractivity contribution >= 4 is 27.3 Å². The number of sulfonamides is 1. The molecule has 9 heteroatoms. The van der Waals surface area contributed by atoms with Crippen LogP contribution in [0.5, 0.6) is 0 Å². The van der Waals surface area contributed by atoms with Crippen LogP contribution in [0.4, 0.5) is 0 Å². The molecule has 136 valence electrons. The first kappa shape index (κ1) is 19.3. The lowest BCUT2D eigenvalue weighted by Crippen LogP contribution is -2.44. The van der Waals surface area contributed by atoms with Gasteiger partial charge >= 0.3 is 0 Å². The predicted molar refractivity (Wildman–Crippen MR) is 93.8 cm³/mol. The molecule has 0 aromatic carbocycles. The predicted octanol–water partition coefficient (Wildman–Crippen LogP) is 0.516. The van der Waals surface area contributed by atoms with Crippen molar-refractivity contribution in [3.05, 3.63) is 17.0 Å². The topological polar surface area (TPSA) is 79.0 Å². The fourth-order valence-electron chi connectivity index (χ4n) is 2.46. The standard InChI is InChI=1S/C15H25N3O4S2/c1-13-3-4-15(23-13)24(20,21)16-5-6-18(14(2)19)8-7-17-9-11-22-12-10-17/h3-4,16H,5-12H2,1-2H3. The average molecular weight is 376 g/mol. The van der Waals surface area contributed by atoms with Crippen molar-refractivity contribution in [2.75, 3.05) is 52.5 Å². The molecule has 0 atom stereocenters. The minimum absolute atomic E-state index is 0.0468. The number of amides is 1. The zero-order valence-corrected chi connectivity index (χ0v) is 15.8. The summed E-state index contributed by atoms with van der Waals surface area (Å²) >= 11 is 1.24. The molecule has 1 aromatic rings. The van der Waals surface area contributed by atoms with Crippen molar-refractivity contribution in [1.29, 1.82) is 0 Å². The van der Waals surface area contributed by atoms with E-state index in [4.69, 9.17) is 4.74 Å². The Kier molecular flexibility index (Phi) is 7.17. The molecule has 1 aliphatic heterocycles. The Bertz CT molecular complexity index is 639. The summed E-state index contributed by atoms with van der Waals surface area (Å²) in [5.41, 5.74) is 0. The maximum absolute atomic E-state index is 12.2. The summed E-state index contributed by atoms with van der Waals surface area (Å²) in [4.78, 5) is 16.6. The van der Waals surface area contributed by atoms with Gasteiger partial charge in [0.05, 0.1) is 13.2 Å². The van der Waals surface area contributed by atoms with E-state index in [1.54, 1.807) is 17.0 Å². The molecule has 0 saturated carbocycles. The lowest BCUT2D eigenvalue weighted by atomic mass is 10.3. The normalized spacial score (nSPS) is 16.2. The monoisotopic (exact) mass is 375 g/mol. The SMILES string of the molecule is CC(=O)N(CCNS(=O)(=O)c1ccc(C)s1)CCN1CCOCC1. The third-order valence-electron chi connectivity index (χ3n) is 3.89. The van der Waals surface area contributed by atoms with Crippen LogP contribution in [-0.2, 0) is 19.6 Å². The Morgan fingerprint density at radius 3 is 2.62 bits per heavy atom. The number of nitrogens with zero attached hydrogens (tertiary/aromatic N) is 2. The van der Waals surface area contributed by atoms with E-state index in [2.05, 4.69) is 9.62 Å². The van der Waals surface area contributed by atoms with Crippen molar-refractivity contribution in [3.8, 4) is 0 Å². The van der Waals surface area contributed by atoms with Crippen LogP contribution in [0.25, 0.3) is 0 Å². The molecule has 24 heavy (non-hydrogen) atoms. The number of nitrogens with one attached hydrogen (secondary N) is 1. The van der Waals surface area contributed by atoms with E-state index in [1.165, 1.54) is 18.3 Å². The number of ether oxygens (including phenoxy) is 1. The molecule has 1 aliphatic rings. The molecule has 1 fully saturated rings. The van der Waals surface area contributed by atoms with Crippen molar-refractivity contribution in [1.82, 2.24) is 14.5 Å². The van der Waals surface area contributed by atoms with Gasteiger partial charge in [0, 0.05) is 51.1 Å². The van der Waals surface area contributed by atoms with Gasteiger partial charge in [-0.2, -0.15) is 0 Å². The minimum Gasteiger partial charge on any atom is -0.379 e. The third-order valence-corrected chi connectivity index (χ3v) is 6.84. The van der Waals surface area contributed by atoms with E-state index >= 15 is 0 Å². The zero-order chi connectivity index (χ0) is 17.6. The zero-order valence-electron chi connectivity index (χ0n) is 14.2. The summed E-state index contributed by atoms with van der Waals surface area (Å²) in [5.74, 6) is -0.0468. The number of hydrogen-bond donors (Lipinski definition) is 1. The summed E-state index contributed by atoms with van der Waals surface area (Å²) in [6.07, 6.45) is 0. The highest BCUT2D eigenvalue weighted by Crippen LogP contribution is 2.19. The summed E-state index contributed by atoms with van der Waals surface area (Å²) in [6.45, 7) is 8.51. The van der Waals surface area contributed by atoms with Gasteiger partial charge in [0.25, 0.3) is 0 Å². The Balaban J connectivity index is 1.79. The van der Waals surface area contributed by atoms with Crippen LogP contribution in [0.2, 0.25) is 0 Å². The molecule has 2 rings (SSSR count). The van der Waals surface area contributed by atoms with Crippen LogP contribution >= 0.6 is 11.3 Å². The first-order valence-electron chi connectivity index (χ1n) is 8.00. The molecule has 7 nitrogen and oxygen atoms in total. The molecule has 0 spiro atoms. The quantitative estimate of drug-likeness (QED) is 0.716. The number of aryl methyl sites for hydroxylation is 1. The van der Waals surface area contributed by atoms with Crippen LogP contribution in [0.15, 0.2) is 16.3 Å². The molecule has 0 bridgehead atoms. The maximum atomic E-state index is 12.2. The number of morpholine rings is 1. The van der Waals surface area contributed by atoms with Gasteiger partial charge in [0.2, 0.25) is 15.9 Å². The molecular weight excluding hydrogens is 350 g/mol. The van der Waals surface area contributed by atoms with E-state index in [9.17, 15) is 13.2 Å². The average Bonchev–Trinajstić information content (AvgIpc) is 2.98. The second kappa shape index (κ2) is 8.91. The fraction of sp³-hybridized carbons (Fsp3) is 0.667. The molecular formula is C15H25N3O4S2. The molecule has 0 unspecified atom stereocenters. The molecule has 1 amide bonds. The van der Waals surface area contributed by atoms with Gasteiger partial charge in [-0.15, -0.1) is 11.3 Å². The first-order chi connectivity index (χ1) is 11.4. The highest BCUT2D eigenvalue weighted by molar-refractivity contribution is 7.91. The van der Waals surface area contributed by atoms with Gasteiger partial charge in [0.1, 0.15) is 4.21 Å². The molecule has 0 aliphatic carbocycles. The first-order valence-corrected chi connectivity index (χ1v) is 10.3. The smallest absolute Gasteiger partial charge is 0.250 e. The summed E-state index contributed by atoms with van der Waals surface area (Å²) < 4.78 is 32.5. The fourth-order valence-corrected chi connectivity index (χ4v) is 4.81. The summed E-state index contributed by atoms with van der Waals surface area (Å²) in [5, 5.41) is 0. The van der Waals surface area contributed by atoms with Crippen LogP contribution < -0.4 is 4.72 Å². The minimum atomic E-state index is -3.49. The molecule has 1 aromatic heterocycles. The van der Waals surface area contributed by atoms with Crippen molar-refractivity contribution < 1.29 is 17.9 Å². The Morgan fingerprint density at radius 2 is 2.04 bits per heavy atom. The Labute approximate surface area is 147 Å². The van der Waals surface area contributed by atoms with Gasteiger partial charge in [-0.25, -0.2) is 13.1 Å². The number of carbonyl (C=O) groups excluding carboxylic acids is 1. The molecule has 1 saturated heterocycles. The third kappa shape index (κ3) is 5.82. The molecule has 0 radical (unpaired) electrons. The van der Waals surface area contributed by atoms with Gasteiger partial charge < -0.3 is 9.64 Å². The van der Waals surface area contributed by atoms with E-state index in [0.29, 0.717) is 17.3 Å². The van der Waals surface area contributed by atoms with Gasteiger partial charge in [-0.3, -0.25) is 9.69 Å². The van der Waals surface area contributed by atoms with E-state index in [-0.39, 0.29) is 12.5 Å². The Hall–Kier alpha value is -1.00. The second-order valence-corrected chi connectivity index (χ2v) is 9.00. The summed E-state index contributed by atoms with van der Waals surface area (Å²) in [7, 11) is -3.49.